The molecule has 0 saturated carbocycles. The molecule has 0 saturated heterocycles. The lowest BCUT2D eigenvalue weighted by molar-refractivity contribution is 0.913. The van der Waals surface area contributed by atoms with Crippen LogP contribution < -0.4 is 0 Å². The first-order valence-corrected chi connectivity index (χ1v) is 6.47. The van der Waals surface area contributed by atoms with E-state index in [9.17, 15) is 0 Å². The summed E-state index contributed by atoms with van der Waals surface area (Å²) < 4.78 is 0. The van der Waals surface area contributed by atoms with Crippen LogP contribution in [0.4, 0.5) is 0 Å². The first-order chi connectivity index (χ1) is 7.72. The molecule has 2 heteroatoms. The number of aromatic nitrogens is 1. The van der Waals surface area contributed by atoms with Crippen LogP contribution in [0.25, 0.3) is 11.3 Å². The van der Waals surface area contributed by atoms with Crippen LogP contribution in [0.2, 0.25) is 0 Å². The van der Waals surface area contributed by atoms with E-state index < -0.39 is 0 Å². The molecule has 1 aromatic carbocycles. The van der Waals surface area contributed by atoms with Crippen LogP contribution in [-0.4, -0.2) is 4.98 Å². The minimum Gasteiger partial charge on any atom is -0.233 e. The van der Waals surface area contributed by atoms with Crippen molar-refractivity contribution in [1.82, 2.24) is 4.98 Å². The second-order valence-electron chi connectivity index (χ2n) is 4.10. The van der Waals surface area contributed by atoms with Crippen molar-refractivity contribution in [3.05, 3.63) is 39.7 Å². The third kappa shape index (κ3) is 2.17. The molecule has 0 fully saturated rings. The molecule has 0 bridgehead atoms. The van der Waals surface area contributed by atoms with Gasteiger partial charge in [-0.1, -0.05) is 25.5 Å². The van der Waals surface area contributed by atoms with Crippen LogP contribution in [0.3, 0.4) is 0 Å². The van der Waals surface area contributed by atoms with Crippen molar-refractivity contribution < 1.29 is 0 Å². The fourth-order valence-corrected chi connectivity index (χ4v) is 2.46. The van der Waals surface area contributed by atoms with Crippen molar-refractivity contribution >= 4 is 11.3 Å². The van der Waals surface area contributed by atoms with Crippen LogP contribution >= 0.6 is 11.3 Å². The Kier molecular flexibility index (Phi) is 3.39. The SMILES string of the molecule is CCCc1ccc(-c2n[c]sc2C)cc1C. The van der Waals surface area contributed by atoms with Gasteiger partial charge in [-0.3, -0.25) is 0 Å². The fourth-order valence-electron chi connectivity index (χ4n) is 1.92. The van der Waals surface area contributed by atoms with Crippen molar-refractivity contribution in [3.8, 4) is 11.3 Å². The van der Waals surface area contributed by atoms with Gasteiger partial charge >= 0.3 is 0 Å². The van der Waals surface area contributed by atoms with E-state index in [0.717, 1.165) is 12.1 Å². The molecular weight excluding hydrogens is 214 g/mol. The minimum atomic E-state index is 1.08. The van der Waals surface area contributed by atoms with Crippen LogP contribution in [-0.2, 0) is 6.42 Å². The number of rotatable bonds is 3. The summed E-state index contributed by atoms with van der Waals surface area (Å²) in [5, 5.41) is 0. The monoisotopic (exact) mass is 230 g/mol. The van der Waals surface area contributed by atoms with Crippen LogP contribution in [0, 0.1) is 19.4 Å². The van der Waals surface area contributed by atoms with Gasteiger partial charge < -0.3 is 0 Å². The molecule has 1 nitrogen and oxygen atoms in total. The lowest BCUT2D eigenvalue weighted by atomic mass is 10.00. The standard InChI is InChI=1S/C14H16NS/c1-4-5-12-6-7-13(8-10(12)2)14-11(3)16-9-15-14/h6-8H,4-5H2,1-3H3. The van der Waals surface area contributed by atoms with E-state index in [-0.39, 0.29) is 0 Å². The highest BCUT2D eigenvalue weighted by Crippen LogP contribution is 2.26. The van der Waals surface area contributed by atoms with E-state index in [1.54, 1.807) is 11.3 Å². The summed E-state index contributed by atoms with van der Waals surface area (Å²) >= 11 is 1.58. The Bertz CT molecular complexity index is 485. The molecule has 2 rings (SSSR count). The van der Waals surface area contributed by atoms with Crippen molar-refractivity contribution in [1.29, 1.82) is 0 Å². The Morgan fingerprint density at radius 1 is 1.31 bits per heavy atom. The maximum absolute atomic E-state index is 4.30. The van der Waals surface area contributed by atoms with Crippen molar-refractivity contribution in [2.75, 3.05) is 0 Å². The van der Waals surface area contributed by atoms with Gasteiger partial charge in [0.15, 0.2) is 5.51 Å². The van der Waals surface area contributed by atoms with Gasteiger partial charge in [-0.15, -0.1) is 11.3 Å². The topological polar surface area (TPSA) is 12.9 Å². The number of nitrogens with zero attached hydrogens (tertiary/aromatic N) is 1. The molecule has 1 aromatic heterocycles. The van der Waals surface area contributed by atoms with Gasteiger partial charge in [0.25, 0.3) is 0 Å². The number of hydrogen-bond acceptors (Lipinski definition) is 2. The van der Waals surface area contributed by atoms with Crippen LogP contribution in [0.5, 0.6) is 0 Å². The summed E-state index contributed by atoms with van der Waals surface area (Å²) in [6, 6.07) is 6.64. The molecule has 2 aromatic rings. The van der Waals surface area contributed by atoms with Crippen molar-refractivity contribution in [3.63, 3.8) is 0 Å². The van der Waals surface area contributed by atoms with Gasteiger partial charge in [0.05, 0.1) is 5.69 Å². The van der Waals surface area contributed by atoms with Gasteiger partial charge in [-0.2, -0.15) is 0 Å². The normalized spacial score (nSPS) is 10.7. The minimum absolute atomic E-state index is 1.08. The average molecular weight is 230 g/mol. The summed E-state index contributed by atoms with van der Waals surface area (Å²) in [4.78, 5) is 5.53. The maximum Gasteiger partial charge on any atom is 0.153 e. The molecule has 0 aliphatic carbocycles. The second kappa shape index (κ2) is 4.79. The third-order valence-corrected chi connectivity index (χ3v) is 3.51. The Morgan fingerprint density at radius 2 is 2.12 bits per heavy atom. The number of aryl methyl sites for hydroxylation is 3. The highest BCUT2D eigenvalue weighted by atomic mass is 32.1. The molecule has 16 heavy (non-hydrogen) atoms. The van der Waals surface area contributed by atoms with Gasteiger partial charge in [-0.05, 0) is 37.5 Å². The van der Waals surface area contributed by atoms with Crippen molar-refractivity contribution in [2.24, 2.45) is 0 Å². The first-order valence-electron chi connectivity index (χ1n) is 5.65. The third-order valence-electron chi connectivity index (χ3n) is 2.83. The lowest BCUT2D eigenvalue weighted by Gasteiger charge is -2.06. The molecule has 0 aliphatic rings. The van der Waals surface area contributed by atoms with E-state index in [4.69, 9.17) is 0 Å². The summed E-state index contributed by atoms with van der Waals surface area (Å²) in [5.41, 5.74) is 8.06. The highest BCUT2D eigenvalue weighted by Gasteiger charge is 2.06. The molecule has 0 atom stereocenters. The Labute approximate surface area is 101 Å². The Hall–Kier alpha value is -1.15. The molecule has 83 valence electrons. The predicted molar refractivity (Wildman–Crippen MR) is 69.9 cm³/mol. The number of thiazole rings is 1. The number of benzene rings is 1. The van der Waals surface area contributed by atoms with E-state index in [0.29, 0.717) is 0 Å². The predicted octanol–water partition coefficient (Wildman–Crippen LogP) is 4.18. The van der Waals surface area contributed by atoms with E-state index >= 15 is 0 Å². The summed E-state index contributed by atoms with van der Waals surface area (Å²) in [5.74, 6) is 0. The highest BCUT2D eigenvalue weighted by molar-refractivity contribution is 7.09. The largest absolute Gasteiger partial charge is 0.233 e. The zero-order valence-electron chi connectivity index (χ0n) is 10.0. The summed E-state index contributed by atoms with van der Waals surface area (Å²) in [7, 11) is 0. The Morgan fingerprint density at radius 3 is 2.69 bits per heavy atom. The van der Waals surface area contributed by atoms with Gasteiger partial charge in [0.2, 0.25) is 0 Å². The molecule has 0 amide bonds. The van der Waals surface area contributed by atoms with E-state index in [2.05, 4.69) is 49.5 Å². The number of hydrogen-bond donors (Lipinski definition) is 0. The van der Waals surface area contributed by atoms with E-state index in [1.807, 2.05) is 0 Å². The smallest absolute Gasteiger partial charge is 0.153 e. The zero-order valence-corrected chi connectivity index (χ0v) is 10.8. The summed E-state index contributed by atoms with van der Waals surface area (Å²) in [6.07, 6.45) is 2.36. The van der Waals surface area contributed by atoms with Crippen LogP contribution in [0.15, 0.2) is 18.2 Å². The quantitative estimate of drug-likeness (QED) is 0.771. The summed E-state index contributed by atoms with van der Waals surface area (Å²) in [6.45, 7) is 6.49. The van der Waals surface area contributed by atoms with Gasteiger partial charge in [0, 0.05) is 10.4 Å². The van der Waals surface area contributed by atoms with Gasteiger partial charge in [-0.25, -0.2) is 4.98 Å². The van der Waals surface area contributed by atoms with E-state index in [1.165, 1.54) is 28.0 Å². The second-order valence-corrected chi connectivity index (χ2v) is 5.10. The average Bonchev–Trinajstić information content (AvgIpc) is 2.68. The zero-order chi connectivity index (χ0) is 11.5. The molecule has 0 N–H and O–H groups in total. The van der Waals surface area contributed by atoms with Crippen LogP contribution in [0.1, 0.15) is 29.3 Å². The Balaban J connectivity index is 2.38. The fraction of sp³-hybridized carbons (Fsp3) is 0.357. The molecule has 1 heterocycles. The first kappa shape index (κ1) is 11.3. The molecular formula is C14H16NS. The molecule has 1 radical (unpaired) electrons. The van der Waals surface area contributed by atoms with Crippen molar-refractivity contribution in [2.45, 2.75) is 33.6 Å². The lowest BCUT2D eigenvalue weighted by Crippen LogP contribution is -1.90. The maximum atomic E-state index is 4.30. The molecule has 0 spiro atoms. The molecule has 0 unspecified atom stereocenters. The molecule has 0 aliphatic heterocycles. The van der Waals surface area contributed by atoms with Gasteiger partial charge in [0.1, 0.15) is 0 Å².